The molecule has 0 aliphatic heterocycles. The highest BCUT2D eigenvalue weighted by Crippen LogP contribution is 2.37. The number of nitrogen functional groups attached to an aromatic ring is 1. The van der Waals surface area contributed by atoms with E-state index in [2.05, 4.69) is 16.7 Å². The van der Waals surface area contributed by atoms with Crippen LogP contribution in [0.3, 0.4) is 0 Å². The molecular formula is C21H20N4O2S. The number of amides is 1. The molecule has 3 rings (SSSR count). The van der Waals surface area contributed by atoms with Gasteiger partial charge in [-0.05, 0) is 50.2 Å². The molecule has 0 saturated carbocycles. The molecule has 1 heterocycles. The highest BCUT2D eigenvalue weighted by molar-refractivity contribution is 7.19. The van der Waals surface area contributed by atoms with Crippen LogP contribution in [-0.2, 0) is 0 Å². The van der Waals surface area contributed by atoms with Gasteiger partial charge in [0.2, 0.25) is 0 Å². The van der Waals surface area contributed by atoms with Crippen molar-refractivity contribution in [2.45, 2.75) is 13.8 Å². The van der Waals surface area contributed by atoms with Gasteiger partial charge in [0.25, 0.3) is 5.91 Å². The first-order valence-electron chi connectivity index (χ1n) is 8.72. The number of nitrogens with two attached hydrogens (primary N) is 1. The minimum Gasteiger partial charge on any atom is -0.494 e. The number of nitrogens with one attached hydrogen (secondary N) is 2. The third kappa shape index (κ3) is 4.24. The van der Waals surface area contributed by atoms with Gasteiger partial charge in [0.1, 0.15) is 27.3 Å². The van der Waals surface area contributed by atoms with Crippen molar-refractivity contribution < 1.29 is 9.53 Å². The summed E-state index contributed by atoms with van der Waals surface area (Å²) >= 11 is 1.15. The Hall–Kier alpha value is -3.50. The highest BCUT2D eigenvalue weighted by atomic mass is 32.1. The largest absolute Gasteiger partial charge is 0.494 e. The maximum Gasteiger partial charge on any atom is 0.267 e. The molecule has 0 bridgehead atoms. The van der Waals surface area contributed by atoms with Crippen molar-refractivity contribution in [3.8, 4) is 11.8 Å². The van der Waals surface area contributed by atoms with Gasteiger partial charge in [-0.2, -0.15) is 5.26 Å². The van der Waals surface area contributed by atoms with Crippen LogP contribution in [-0.4, -0.2) is 12.5 Å². The summed E-state index contributed by atoms with van der Waals surface area (Å²) in [4.78, 5) is 13.0. The number of carbonyl (C=O) groups is 1. The molecule has 7 heteroatoms. The van der Waals surface area contributed by atoms with Crippen LogP contribution in [0.25, 0.3) is 0 Å². The number of hydrogen-bond donors (Lipinski definition) is 3. The van der Waals surface area contributed by atoms with E-state index in [1.807, 2.05) is 38.1 Å². The van der Waals surface area contributed by atoms with Crippen molar-refractivity contribution in [3.05, 3.63) is 64.5 Å². The molecule has 4 N–H and O–H groups in total. The molecule has 0 fully saturated rings. The van der Waals surface area contributed by atoms with Gasteiger partial charge in [-0.3, -0.25) is 4.79 Å². The third-order valence-corrected chi connectivity index (χ3v) is 5.12. The molecule has 1 aromatic heterocycles. The molecule has 6 nitrogen and oxygen atoms in total. The van der Waals surface area contributed by atoms with Crippen molar-refractivity contribution >= 4 is 39.3 Å². The number of carbonyl (C=O) groups excluding carboxylic acids is 1. The predicted octanol–water partition coefficient (Wildman–Crippen LogP) is 4.91. The number of thiophene rings is 1. The first-order valence-corrected chi connectivity index (χ1v) is 9.53. The number of nitrogens with zero attached hydrogens (tertiary/aromatic N) is 1. The van der Waals surface area contributed by atoms with Crippen molar-refractivity contribution in [3.63, 3.8) is 0 Å². The fraction of sp³-hybridized carbons (Fsp3) is 0.143. The zero-order chi connectivity index (χ0) is 20.1. The first kappa shape index (κ1) is 19.3. The summed E-state index contributed by atoms with van der Waals surface area (Å²) in [5, 5.41) is 16.0. The smallest absolute Gasteiger partial charge is 0.267 e. The van der Waals surface area contributed by atoms with Gasteiger partial charge in [-0.1, -0.05) is 17.7 Å². The number of ether oxygens (including phenoxy) is 1. The lowest BCUT2D eigenvalue weighted by Gasteiger charge is -2.06. The van der Waals surface area contributed by atoms with Crippen LogP contribution in [0.15, 0.2) is 48.5 Å². The van der Waals surface area contributed by atoms with E-state index in [1.54, 1.807) is 24.3 Å². The lowest BCUT2D eigenvalue weighted by atomic mass is 10.2. The lowest BCUT2D eigenvalue weighted by molar-refractivity contribution is 0.103. The molecule has 0 aliphatic carbocycles. The quantitative estimate of drug-likeness (QED) is 0.554. The maximum absolute atomic E-state index is 12.7. The average Bonchev–Trinajstić information content (AvgIpc) is 3.00. The predicted molar refractivity (Wildman–Crippen MR) is 113 cm³/mol. The second-order valence-corrected chi connectivity index (χ2v) is 7.08. The van der Waals surface area contributed by atoms with Crippen LogP contribution in [0.5, 0.6) is 5.75 Å². The second kappa shape index (κ2) is 8.46. The Kier molecular flexibility index (Phi) is 5.82. The fourth-order valence-electron chi connectivity index (χ4n) is 2.57. The molecule has 0 atom stereocenters. The van der Waals surface area contributed by atoms with Crippen LogP contribution in [0, 0.1) is 18.3 Å². The van der Waals surface area contributed by atoms with Gasteiger partial charge in [0.15, 0.2) is 0 Å². The topological polar surface area (TPSA) is 100 Å². The number of hydrogen-bond acceptors (Lipinski definition) is 6. The Bertz CT molecular complexity index is 1020. The van der Waals surface area contributed by atoms with Gasteiger partial charge in [-0.25, -0.2) is 0 Å². The van der Waals surface area contributed by atoms with Crippen molar-refractivity contribution in [1.82, 2.24) is 0 Å². The molecule has 0 radical (unpaired) electrons. The monoisotopic (exact) mass is 392 g/mol. The van der Waals surface area contributed by atoms with Crippen LogP contribution in [0.1, 0.15) is 27.7 Å². The molecule has 0 unspecified atom stereocenters. The summed E-state index contributed by atoms with van der Waals surface area (Å²) in [6.45, 7) is 4.48. The minimum atomic E-state index is -0.361. The van der Waals surface area contributed by atoms with E-state index in [1.165, 1.54) is 0 Å². The fourth-order valence-corrected chi connectivity index (χ4v) is 3.56. The summed E-state index contributed by atoms with van der Waals surface area (Å²) in [6.07, 6.45) is 0. The number of rotatable bonds is 6. The summed E-state index contributed by atoms with van der Waals surface area (Å²) in [5.41, 5.74) is 9.09. The lowest BCUT2D eigenvalue weighted by Crippen LogP contribution is -2.12. The van der Waals surface area contributed by atoms with Gasteiger partial charge < -0.3 is 21.1 Å². The minimum absolute atomic E-state index is 0.172. The van der Waals surface area contributed by atoms with E-state index < -0.39 is 0 Å². The van der Waals surface area contributed by atoms with Gasteiger partial charge in [0.05, 0.1) is 12.3 Å². The first-order chi connectivity index (χ1) is 13.5. The molecule has 0 spiro atoms. The van der Waals surface area contributed by atoms with Crippen molar-refractivity contribution in [2.75, 3.05) is 23.0 Å². The molecule has 2 aromatic carbocycles. The average molecular weight is 392 g/mol. The third-order valence-electron chi connectivity index (χ3n) is 4.00. The molecule has 3 aromatic rings. The van der Waals surface area contributed by atoms with E-state index in [9.17, 15) is 10.1 Å². The van der Waals surface area contributed by atoms with Gasteiger partial charge in [0, 0.05) is 11.4 Å². The van der Waals surface area contributed by atoms with E-state index >= 15 is 0 Å². The maximum atomic E-state index is 12.7. The SMILES string of the molecule is CCOc1ccc(NC(=O)c2sc(Nc3ccc(C)cc3)c(C#N)c2N)cc1. The Balaban J connectivity index is 1.81. The van der Waals surface area contributed by atoms with E-state index in [4.69, 9.17) is 10.5 Å². The van der Waals surface area contributed by atoms with Gasteiger partial charge >= 0.3 is 0 Å². The summed E-state index contributed by atoms with van der Waals surface area (Å²) in [7, 11) is 0. The Morgan fingerprint density at radius 1 is 1.14 bits per heavy atom. The van der Waals surface area contributed by atoms with Crippen LogP contribution in [0.2, 0.25) is 0 Å². The number of benzene rings is 2. The Morgan fingerprint density at radius 2 is 1.79 bits per heavy atom. The molecule has 1 amide bonds. The number of anilines is 4. The normalized spacial score (nSPS) is 10.2. The van der Waals surface area contributed by atoms with Crippen LogP contribution >= 0.6 is 11.3 Å². The number of aryl methyl sites for hydroxylation is 1. The summed E-state index contributed by atoms with van der Waals surface area (Å²) < 4.78 is 5.39. The van der Waals surface area contributed by atoms with Crippen molar-refractivity contribution in [1.29, 1.82) is 5.26 Å². The summed E-state index contributed by atoms with van der Waals surface area (Å²) in [6, 6.07) is 16.9. The zero-order valence-electron chi connectivity index (χ0n) is 15.6. The number of nitriles is 1. The molecule has 0 saturated heterocycles. The van der Waals surface area contributed by atoms with E-state index in [-0.39, 0.29) is 17.2 Å². The molecule has 0 aliphatic rings. The van der Waals surface area contributed by atoms with Crippen LogP contribution < -0.4 is 21.1 Å². The summed E-state index contributed by atoms with van der Waals surface area (Å²) in [5.74, 6) is 0.368. The Labute approximate surface area is 167 Å². The Morgan fingerprint density at radius 3 is 2.39 bits per heavy atom. The van der Waals surface area contributed by atoms with Gasteiger partial charge in [-0.15, -0.1) is 11.3 Å². The van der Waals surface area contributed by atoms with Crippen molar-refractivity contribution in [2.24, 2.45) is 0 Å². The molecule has 142 valence electrons. The van der Waals surface area contributed by atoms with E-state index in [0.29, 0.717) is 22.2 Å². The standard InChI is InChI=1S/C21H20N4O2S/c1-3-27-16-10-8-14(9-11-16)24-20(26)19-18(23)17(12-22)21(28-19)25-15-6-4-13(2)5-7-15/h4-11,25H,3,23H2,1-2H3,(H,24,26). The highest BCUT2D eigenvalue weighted by Gasteiger charge is 2.21. The molecule has 28 heavy (non-hydrogen) atoms. The second-order valence-electron chi connectivity index (χ2n) is 6.06. The van der Waals surface area contributed by atoms with E-state index in [0.717, 1.165) is 28.3 Å². The molecular weight excluding hydrogens is 372 g/mol. The zero-order valence-corrected chi connectivity index (χ0v) is 16.4. The van der Waals surface area contributed by atoms with Crippen LogP contribution in [0.4, 0.5) is 22.1 Å².